The number of carbonyl (C=O) groups is 2. The zero-order valence-corrected chi connectivity index (χ0v) is 16.1. The van der Waals surface area contributed by atoms with Crippen LogP contribution in [0.1, 0.15) is 31.1 Å². The highest BCUT2D eigenvalue weighted by Crippen LogP contribution is 2.35. The van der Waals surface area contributed by atoms with E-state index in [9.17, 15) is 9.59 Å². The van der Waals surface area contributed by atoms with Crippen molar-refractivity contribution < 1.29 is 14.3 Å². The summed E-state index contributed by atoms with van der Waals surface area (Å²) < 4.78 is 6.04. The van der Waals surface area contributed by atoms with E-state index in [2.05, 4.69) is 10.3 Å². The maximum absolute atomic E-state index is 12.0. The molecule has 0 bridgehead atoms. The summed E-state index contributed by atoms with van der Waals surface area (Å²) in [5.74, 6) is 0. The molecule has 0 aliphatic heterocycles. The third-order valence-electron chi connectivity index (χ3n) is 3.40. The van der Waals surface area contributed by atoms with Gasteiger partial charge < -0.3 is 4.74 Å². The van der Waals surface area contributed by atoms with Gasteiger partial charge in [-0.3, -0.25) is 10.1 Å². The molecular formula is C19H17ClN2O3S. The molecule has 0 spiro atoms. The number of fused-ring (bicyclic) bond motifs is 1. The number of aldehydes is 1. The van der Waals surface area contributed by atoms with Gasteiger partial charge in [0.1, 0.15) is 11.9 Å². The van der Waals surface area contributed by atoms with Gasteiger partial charge in [-0.05, 0) is 50.6 Å². The number of nitrogens with zero attached hydrogens (tertiary/aromatic N) is 1. The number of thiazole rings is 1. The van der Waals surface area contributed by atoms with Gasteiger partial charge in [0.05, 0.1) is 10.2 Å². The second-order valence-electron chi connectivity index (χ2n) is 6.69. The zero-order valence-electron chi connectivity index (χ0n) is 14.5. The molecule has 0 saturated carbocycles. The highest BCUT2D eigenvalue weighted by molar-refractivity contribution is 7.22. The predicted octanol–water partition coefficient (Wildman–Crippen LogP) is 5.78. The molecule has 0 fully saturated rings. The van der Waals surface area contributed by atoms with Crippen molar-refractivity contribution in [2.45, 2.75) is 26.4 Å². The van der Waals surface area contributed by atoms with E-state index in [1.807, 2.05) is 18.2 Å². The predicted molar refractivity (Wildman–Crippen MR) is 105 cm³/mol. The maximum atomic E-state index is 12.0. The first-order chi connectivity index (χ1) is 12.2. The SMILES string of the molecule is CC(C)(C)OC(=O)Nc1nc2c(-c3cccc(Cl)c3)cc(C=O)cc2s1. The summed E-state index contributed by atoms with van der Waals surface area (Å²) in [4.78, 5) is 27.8. The minimum atomic E-state index is -0.600. The molecule has 1 heterocycles. The number of benzene rings is 2. The Morgan fingerprint density at radius 2 is 2.04 bits per heavy atom. The Morgan fingerprint density at radius 3 is 2.69 bits per heavy atom. The number of amides is 1. The third-order valence-corrected chi connectivity index (χ3v) is 4.55. The van der Waals surface area contributed by atoms with Crippen LogP contribution in [0.4, 0.5) is 9.93 Å². The molecule has 3 rings (SSSR count). The number of halogens is 1. The number of nitrogens with one attached hydrogen (secondary N) is 1. The summed E-state index contributed by atoms with van der Waals surface area (Å²) in [6.45, 7) is 5.37. The normalized spacial score (nSPS) is 11.4. The van der Waals surface area contributed by atoms with E-state index < -0.39 is 11.7 Å². The van der Waals surface area contributed by atoms with Gasteiger partial charge >= 0.3 is 6.09 Å². The number of ether oxygens (including phenoxy) is 1. The van der Waals surface area contributed by atoms with Gasteiger partial charge in [0.15, 0.2) is 5.13 Å². The Hall–Kier alpha value is -2.44. The van der Waals surface area contributed by atoms with Crippen LogP contribution >= 0.6 is 22.9 Å². The highest BCUT2D eigenvalue weighted by atomic mass is 35.5. The first-order valence-corrected chi connectivity index (χ1v) is 9.10. The van der Waals surface area contributed by atoms with Crippen LogP contribution in [0.2, 0.25) is 5.02 Å². The molecule has 1 N–H and O–H groups in total. The van der Waals surface area contributed by atoms with Gasteiger partial charge in [-0.25, -0.2) is 9.78 Å². The van der Waals surface area contributed by atoms with E-state index in [4.69, 9.17) is 16.3 Å². The van der Waals surface area contributed by atoms with Crippen molar-refractivity contribution in [1.29, 1.82) is 0 Å². The Morgan fingerprint density at radius 1 is 1.27 bits per heavy atom. The Balaban J connectivity index is 2.04. The quantitative estimate of drug-likeness (QED) is 0.578. The lowest BCUT2D eigenvalue weighted by Gasteiger charge is -2.18. The van der Waals surface area contributed by atoms with E-state index in [1.54, 1.807) is 39.0 Å². The number of hydrogen-bond donors (Lipinski definition) is 1. The molecule has 0 atom stereocenters. The second-order valence-corrected chi connectivity index (χ2v) is 8.16. The molecule has 26 heavy (non-hydrogen) atoms. The number of aromatic nitrogens is 1. The average Bonchev–Trinajstić information content (AvgIpc) is 2.93. The largest absolute Gasteiger partial charge is 0.444 e. The first kappa shape index (κ1) is 18.4. The summed E-state index contributed by atoms with van der Waals surface area (Å²) in [6, 6.07) is 10.8. The lowest BCUT2D eigenvalue weighted by molar-refractivity contribution is 0.0636. The lowest BCUT2D eigenvalue weighted by atomic mass is 10.0. The monoisotopic (exact) mass is 388 g/mol. The van der Waals surface area contributed by atoms with Crippen molar-refractivity contribution in [3.63, 3.8) is 0 Å². The number of anilines is 1. The minimum Gasteiger partial charge on any atom is -0.444 e. The molecule has 1 aromatic heterocycles. The van der Waals surface area contributed by atoms with E-state index >= 15 is 0 Å². The van der Waals surface area contributed by atoms with Crippen LogP contribution in [0.3, 0.4) is 0 Å². The van der Waals surface area contributed by atoms with Crippen molar-refractivity contribution in [2.75, 3.05) is 5.32 Å². The van der Waals surface area contributed by atoms with Gasteiger partial charge in [0.2, 0.25) is 0 Å². The van der Waals surface area contributed by atoms with E-state index in [0.29, 0.717) is 21.2 Å². The summed E-state index contributed by atoms with van der Waals surface area (Å²) in [5, 5.41) is 3.64. The molecule has 0 saturated heterocycles. The van der Waals surface area contributed by atoms with E-state index in [0.717, 1.165) is 22.1 Å². The number of rotatable bonds is 3. The number of hydrogen-bond acceptors (Lipinski definition) is 5. The smallest absolute Gasteiger partial charge is 0.413 e. The van der Waals surface area contributed by atoms with Gasteiger partial charge in [-0.15, -0.1) is 0 Å². The Labute approximate surface area is 160 Å². The molecule has 2 aromatic carbocycles. The topological polar surface area (TPSA) is 68.3 Å². The van der Waals surface area contributed by atoms with Crippen LogP contribution < -0.4 is 5.32 Å². The zero-order chi connectivity index (χ0) is 18.9. The molecule has 134 valence electrons. The van der Waals surface area contributed by atoms with E-state index in [1.165, 1.54) is 11.3 Å². The molecular weight excluding hydrogens is 372 g/mol. The summed E-state index contributed by atoms with van der Waals surface area (Å²) in [5.41, 5.74) is 2.24. The van der Waals surface area contributed by atoms with Crippen LogP contribution in [0.5, 0.6) is 0 Å². The van der Waals surface area contributed by atoms with Gasteiger partial charge in [-0.2, -0.15) is 0 Å². The van der Waals surface area contributed by atoms with Crippen molar-refractivity contribution in [3.05, 3.63) is 47.0 Å². The molecule has 0 aliphatic rings. The average molecular weight is 389 g/mol. The molecule has 7 heteroatoms. The fourth-order valence-corrected chi connectivity index (χ4v) is 3.56. The molecule has 1 amide bonds. The fraction of sp³-hybridized carbons (Fsp3) is 0.211. The van der Waals surface area contributed by atoms with Crippen LogP contribution in [0.25, 0.3) is 21.3 Å². The van der Waals surface area contributed by atoms with Crippen LogP contribution in [0, 0.1) is 0 Å². The van der Waals surface area contributed by atoms with Gasteiger partial charge in [-0.1, -0.05) is 35.1 Å². The molecule has 0 radical (unpaired) electrons. The molecule has 5 nitrogen and oxygen atoms in total. The van der Waals surface area contributed by atoms with Gasteiger partial charge in [0.25, 0.3) is 0 Å². The van der Waals surface area contributed by atoms with Crippen molar-refractivity contribution >= 4 is 50.7 Å². The minimum absolute atomic E-state index is 0.403. The van der Waals surface area contributed by atoms with Crippen LogP contribution in [-0.4, -0.2) is 23.0 Å². The Kier molecular flexibility index (Phi) is 4.98. The van der Waals surface area contributed by atoms with Gasteiger partial charge in [0, 0.05) is 16.1 Å². The molecule has 0 unspecified atom stereocenters. The Bertz CT molecular complexity index is 992. The summed E-state index contributed by atoms with van der Waals surface area (Å²) >= 11 is 7.37. The highest BCUT2D eigenvalue weighted by Gasteiger charge is 2.18. The van der Waals surface area contributed by atoms with Crippen molar-refractivity contribution in [2.24, 2.45) is 0 Å². The van der Waals surface area contributed by atoms with E-state index in [-0.39, 0.29) is 0 Å². The third kappa shape index (κ3) is 4.20. The summed E-state index contributed by atoms with van der Waals surface area (Å²) in [7, 11) is 0. The molecule has 3 aromatic rings. The van der Waals surface area contributed by atoms with Crippen molar-refractivity contribution in [3.8, 4) is 11.1 Å². The first-order valence-electron chi connectivity index (χ1n) is 7.91. The second kappa shape index (κ2) is 7.05. The standard InChI is InChI=1S/C19H17ClN2O3S/c1-19(2,3)25-18(24)22-17-21-16-14(12-5-4-6-13(20)9-12)7-11(10-23)8-15(16)26-17/h4-10H,1-3H3,(H,21,22,24). The molecule has 0 aliphatic carbocycles. The lowest BCUT2D eigenvalue weighted by Crippen LogP contribution is -2.27. The van der Waals surface area contributed by atoms with Crippen LogP contribution in [0.15, 0.2) is 36.4 Å². The maximum Gasteiger partial charge on any atom is 0.413 e. The number of carbonyl (C=O) groups excluding carboxylic acids is 2. The fourth-order valence-electron chi connectivity index (χ4n) is 2.44. The van der Waals surface area contributed by atoms with Crippen molar-refractivity contribution in [1.82, 2.24) is 4.98 Å². The summed E-state index contributed by atoms with van der Waals surface area (Å²) in [6.07, 6.45) is 0.213. The van der Waals surface area contributed by atoms with Crippen LogP contribution in [-0.2, 0) is 4.74 Å².